The molecule has 1 atom stereocenters. The number of alkyl halides is 3. The molecule has 0 aliphatic heterocycles. The van der Waals surface area contributed by atoms with Crippen LogP contribution in [-0.4, -0.2) is 21.9 Å². The molecule has 2 rings (SSSR count). The Kier molecular flexibility index (Phi) is 4.82. The van der Waals surface area contributed by atoms with Crippen molar-refractivity contribution in [1.82, 2.24) is 9.69 Å². The smallest absolute Gasteiger partial charge is 0.387 e. The second-order valence-corrected chi connectivity index (χ2v) is 5.29. The Morgan fingerprint density at radius 3 is 2.77 bits per heavy atom. The maximum absolute atomic E-state index is 12.6. The highest BCUT2D eigenvalue weighted by molar-refractivity contribution is 7.03. The molecule has 0 bridgehead atoms. The normalized spacial score (nSPS) is 13.0. The summed E-state index contributed by atoms with van der Waals surface area (Å²) >= 11 is 1.13. The molecule has 1 amide bonds. The summed E-state index contributed by atoms with van der Waals surface area (Å²) in [5.74, 6) is -0.419. The molecule has 22 heavy (non-hydrogen) atoms. The van der Waals surface area contributed by atoms with Crippen molar-refractivity contribution in [1.29, 1.82) is 0 Å². The van der Waals surface area contributed by atoms with Gasteiger partial charge in [0.15, 0.2) is 0 Å². The topological polar surface area (TPSA) is 62.2 Å². The molecular weight excluding hydrogens is 317 g/mol. The lowest BCUT2D eigenvalue weighted by Gasteiger charge is -2.14. The number of aromatic nitrogens is 1. The number of nitrogens with zero attached hydrogens (tertiary/aromatic N) is 1. The Labute approximate surface area is 128 Å². The molecule has 1 aromatic carbocycles. The van der Waals surface area contributed by atoms with E-state index in [1.165, 1.54) is 12.1 Å². The quantitative estimate of drug-likeness (QED) is 0.906. The van der Waals surface area contributed by atoms with Crippen LogP contribution in [0.4, 0.5) is 13.2 Å². The lowest BCUT2D eigenvalue weighted by molar-refractivity contribution is -0.137. The molecule has 0 radical (unpaired) electrons. The summed E-state index contributed by atoms with van der Waals surface area (Å²) in [6, 6.07) is 4.39. The van der Waals surface area contributed by atoms with E-state index in [0.29, 0.717) is 11.3 Å². The van der Waals surface area contributed by atoms with Gasteiger partial charge in [0.05, 0.1) is 22.9 Å². The van der Waals surface area contributed by atoms with Crippen LogP contribution in [0.15, 0.2) is 29.6 Å². The van der Waals surface area contributed by atoms with Crippen molar-refractivity contribution < 1.29 is 23.1 Å². The third-order valence-electron chi connectivity index (χ3n) is 3.05. The van der Waals surface area contributed by atoms with Crippen LogP contribution in [0.2, 0.25) is 0 Å². The van der Waals surface area contributed by atoms with Crippen molar-refractivity contribution in [3.8, 4) is 0 Å². The Morgan fingerprint density at radius 2 is 2.18 bits per heavy atom. The van der Waals surface area contributed by atoms with Crippen molar-refractivity contribution in [2.24, 2.45) is 0 Å². The molecule has 8 heteroatoms. The number of rotatable bonds is 4. The molecule has 1 aromatic heterocycles. The van der Waals surface area contributed by atoms with Crippen LogP contribution in [0.5, 0.6) is 0 Å². The van der Waals surface area contributed by atoms with Gasteiger partial charge in [0.1, 0.15) is 0 Å². The molecule has 0 spiro atoms. The monoisotopic (exact) mass is 330 g/mol. The van der Waals surface area contributed by atoms with Crippen molar-refractivity contribution in [2.75, 3.05) is 6.54 Å². The van der Waals surface area contributed by atoms with Gasteiger partial charge in [-0.2, -0.15) is 17.5 Å². The molecule has 0 aliphatic rings. The summed E-state index contributed by atoms with van der Waals surface area (Å²) < 4.78 is 41.8. The minimum Gasteiger partial charge on any atom is -0.387 e. The Balaban J connectivity index is 2.02. The molecule has 2 N–H and O–H groups in total. The van der Waals surface area contributed by atoms with E-state index in [0.717, 1.165) is 23.7 Å². The maximum Gasteiger partial charge on any atom is 0.416 e. The molecule has 2 aromatic rings. The summed E-state index contributed by atoms with van der Waals surface area (Å²) in [6.45, 7) is 1.49. The van der Waals surface area contributed by atoms with Crippen LogP contribution >= 0.6 is 11.5 Å². The van der Waals surface area contributed by atoms with Crippen LogP contribution in [0.1, 0.15) is 33.3 Å². The van der Waals surface area contributed by atoms with Crippen molar-refractivity contribution in [2.45, 2.75) is 19.2 Å². The Bertz CT molecular complexity index is 670. The Hall–Kier alpha value is -1.93. The van der Waals surface area contributed by atoms with Gasteiger partial charge in [0.2, 0.25) is 0 Å². The molecule has 118 valence electrons. The third-order valence-corrected chi connectivity index (χ3v) is 3.77. The van der Waals surface area contributed by atoms with Gasteiger partial charge in [-0.3, -0.25) is 4.79 Å². The number of aryl methyl sites for hydroxylation is 1. The first kappa shape index (κ1) is 16.4. The summed E-state index contributed by atoms with van der Waals surface area (Å²) in [4.78, 5) is 11.9. The highest BCUT2D eigenvalue weighted by Gasteiger charge is 2.30. The van der Waals surface area contributed by atoms with Gasteiger partial charge in [0.25, 0.3) is 5.91 Å². The summed E-state index contributed by atoms with van der Waals surface area (Å²) in [5, 5.41) is 14.0. The molecule has 1 unspecified atom stereocenters. The lowest BCUT2D eigenvalue weighted by atomic mass is 10.1. The third kappa shape index (κ3) is 3.83. The molecule has 4 nitrogen and oxygen atoms in total. The fourth-order valence-corrected chi connectivity index (χ4v) is 2.53. The number of aliphatic hydroxyl groups is 1. The number of aliphatic hydroxyl groups excluding tert-OH is 1. The molecule has 1 heterocycles. The number of hydrogen-bond donors (Lipinski definition) is 2. The first-order chi connectivity index (χ1) is 10.3. The van der Waals surface area contributed by atoms with E-state index in [4.69, 9.17) is 0 Å². The van der Waals surface area contributed by atoms with Gasteiger partial charge in [-0.1, -0.05) is 12.1 Å². The van der Waals surface area contributed by atoms with Crippen molar-refractivity contribution in [3.05, 3.63) is 52.0 Å². The average Bonchev–Trinajstić information content (AvgIpc) is 2.90. The number of hydrogen-bond acceptors (Lipinski definition) is 4. The van der Waals surface area contributed by atoms with E-state index in [1.807, 2.05) is 0 Å². The van der Waals surface area contributed by atoms with Crippen LogP contribution in [0.3, 0.4) is 0 Å². The van der Waals surface area contributed by atoms with Gasteiger partial charge in [0, 0.05) is 11.9 Å². The van der Waals surface area contributed by atoms with Gasteiger partial charge in [-0.15, -0.1) is 0 Å². The predicted molar refractivity (Wildman–Crippen MR) is 75.6 cm³/mol. The first-order valence-electron chi connectivity index (χ1n) is 6.33. The molecule has 0 fully saturated rings. The van der Waals surface area contributed by atoms with Crippen molar-refractivity contribution in [3.63, 3.8) is 0 Å². The van der Waals surface area contributed by atoms with E-state index in [9.17, 15) is 23.1 Å². The zero-order valence-corrected chi connectivity index (χ0v) is 12.3. The fourth-order valence-electron chi connectivity index (χ4n) is 1.84. The Morgan fingerprint density at radius 1 is 1.45 bits per heavy atom. The SMILES string of the molecule is Cc1nscc1C(=O)NCC(O)c1cccc(C(F)(F)F)c1. The highest BCUT2D eigenvalue weighted by atomic mass is 32.1. The van der Waals surface area contributed by atoms with Gasteiger partial charge in [-0.25, -0.2) is 0 Å². The maximum atomic E-state index is 12.6. The highest BCUT2D eigenvalue weighted by Crippen LogP contribution is 2.30. The second-order valence-electron chi connectivity index (χ2n) is 4.66. The number of nitrogens with one attached hydrogen (secondary N) is 1. The van der Waals surface area contributed by atoms with Crippen LogP contribution < -0.4 is 5.32 Å². The van der Waals surface area contributed by atoms with E-state index >= 15 is 0 Å². The largest absolute Gasteiger partial charge is 0.416 e. The minimum absolute atomic E-state index is 0.0929. The van der Waals surface area contributed by atoms with Crippen molar-refractivity contribution >= 4 is 17.4 Å². The van der Waals surface area contributed by atoms with Gasteiger partial charge in [-0.05, 0) is 36.2 Å². The summed E-state index contributed by atoms with van der Waals surface area (Å²) in [6.07, 6.45) is -5.70. The first-order valence-corrected chi connectivity index (χ1v) is 7.17. The van der Waals surface area contributed by atoms with E-state index in [-0.39, 0.29) is 12.1 Å². The molecule has 0 saturated carbocycles. The predicted octanol–water partition coefficient (Wildman–Crippen LogP) is 2.93. The number of amides is 1. The van der Waals surface area contributed by atoms with Crippen LogP contribution in [0, 0.1) is 6.92 Å². The number of carbonyl (C=O) groups is 1. The standard InChI is InChI=1S/C14H13F3N2O2S/c1-8-11(7-22-19-8)13(21)18-6-12(20)9-3-2-4-10(5-9)14(15,16)17/h2-5,7,12,20H,6H2,1H3,(H,18,21). The average molecular weight is 330 g/mol. The van der Waals surface area contributed by atoms with E-state index < -0.39 is 23.8 Å². The number of benzene rings is 1. The number of carbonyl (C=O) groups excluding carboxylic acids is 1. The lowest BCUT2D eigenvalue weighted by Crippen LogP contribution is -2.28. The van der Waals surface area contributed by atoms with Crippen LogP contribution in [0.25, 0.3) is 0 Å². The second kappa shape index (κ2) is 6.45. The molecule has 0 aliphatic carbocycles. The molecular formula is C14H13F3N2O2S. The zero-order chi connectivity index (χ0) is 16.3. The van der Waals surface area contributed by atoms with Gasteiger partial charge >= 0.3 is 6.18 Å². The minimum atomic E-state index is -4.47. The summed E-state index contributed by atoms with van der Waals surface area (Å²) in [7, 11) is 0. The summed E-state index contributed by atoms with van der Waals surface area (Å²) in [5.41, 5.74) is 0.209. The van der Waals surface area contributed by atoms with E-state index in [1.54, 1.807) is 12.3 Å². The number of halogens is 3. The molecule has 0 saturated heterocycles. The van der Waals surface area contributed by atoms with Crippen LogP contribution in [-0.2, 0) is 6.18 Å². The van der Waals surface area contributed by atoms with E-state index in [2.05, 4.69) is 9.69 Å². The zero-order valence-electron chi connectivity index (χ0n) is 11.5. The fraction of sp³-hybridized carbons (Fsp3) is 0.286. The van der Waals surface area contributed by atoms with Gasteiger partial charge < -0.3 is 10.4 Å².